The number of rotatable bonds is 7. The van der Waals surface area contributed by atoms with Crippen LogP contribution in [0.5, 0.6) is 11.5 Å². The predicted molar refractivity (Wildman–Crippen MR) is 147 cm³/mol. The lowest BCUT2D eigenvalue weighted by atomic mass is 10.0. The maximum absolute atomic E-state index is 13.4. The Hall–Kier alpha value is -3.81. The van der Waals surface area contributed by atoms with E-state index in [-0.39, 0.29) is 17.9 Å². The molecule has 0 bridgehead atoms. The van der Waals surface area contributed by atoms with Crippen molar-refractivity contribution in [2.75, 3.05) is 20.2 Å². The summed E-state index contributed by atoms with van der Waals surface area (Å²) >= 11 is 0. The summed E-state index contributed by atoms with van der Waals surface area (Å²) in [5.74, 6) is 1.20. The van der Waals surface area contributed by atoms with Gasteiger partial charge < -0.3 is 24.4 Å². The fourth-order valence-electron chi connectivity index (χ4n) is 4.51. The molecule has 2 amide bonds. The van der Waals surface area contributed by atoms with Gasteiger partial charge in [0.2, 0.25) is 5.91 Å². The minimum atomic E-state index is -0.678. The van der Waals surface area contributed by atoms with E-state index in [1.54, 1.807) is 32.8 Å². The van der Waals surface area contributed by atoms with E-state index >= 15 is 0 Å². The Labute approximate surface area is 224 Å². The number of carbonyl (C=O) groups excluding carboxylic acids is 2. The number of benzene rings is 2. The van der Waals surface area contributed by atoms with Crippen molar-refractivity contribution in [2.45, 2.75) is 58.8 Å². The number of carbonyl (C=O) groups is 2. The summed E-state index contributed by atoms with van der Waals surface area (Å²) in [6.07, 6.45) is -0.0998. The molecular formula is C30H37N3O5. The normalized spacial score (nSPS) is 16.4. The van der Waals surface area contributed by atoms with E-state index in [0.717, 1.165) is 27.9 Å². The molecule has 0 saturated carbocycles. The Kier molecular flexibility index (Phi) is 8.09. The molecule has 0 radical (unpaired) electrons. The molecule has 0 spiro atoms. The summed E-state index contributed by atoms with van der Waals surface area (Å²) in [6.45, 7) is 10.2. The summed E-state index contributed by atoms with van der Waals surface area (Å²) in [5.41, 5.74) is 1.91. The van der Waals surface area contributed by atoms with Gasteiger partial charge in [-0.25, -0.2) is 9.78 Å². The van der Waals surface area contributed by atoms with Crippen molar-refractivity contribution in [3.05, 3.63) is 54.6 Å². The van der Waals surface area contributed by atoms with Crippen LogP contribution in [0.2, 0.25) is 0 Å². The smallest absolute Gasteiger partial charge is 0.408 e. The van der Waals surface area contributed by atoms with E-state index in [9.17, 15) is 9.59 Å². The third kappa shape index (κ3) is 6.54. The predicted octanol–water partition coefficient (Wildman–Crippen LogP) is 5.44. The number of amides is 2. The number of aromatic nitrogens is 1. The lowest BCUT2D eigenvalue weighted by Crippen LogP contribution is -2.51. The summed E-state index contributed by atoms with van der Waals surface area (Å²) in [4.78, 5) is 32.4. The number of pyridine rings is 1. The summed E-state index contributed by atoms with van der Waals surface area (Å²) in [7, 11) is 1.63. The van der Waals surface area contributed by atoms with Gasteiger partial charge in [-0.2, -0.15) is 0 Å². The Bertz CT molecular complexity index is 1290. The molecule has 0 aliphatic carbocycles. The lowest BCUT2D eigenvalue weighted by Gasteiger charge is -2.28. The van der Waals surface area contributed by atoms with E-state index in [1.807, 2.05) is 68.4 Å². The molecule has 38 heavy (non-hydrogen) atoms. The largest absolute Gasteiger partial charge is 0.497 e. The molecule has 2 heterocycles. The van der Waals surface area contributed by atoms with Crippen molar-refractivity contribution in [3.63, 3.8) is 0 Å². The average Bonchev–Trinajstić information content (AvgIpc) is 3.34. The number of hydrogen-bond acceptors (Lipinski definition) is 6. The van der Waals surface area contributed by atoms with Crippen molar-refractivity contribution in [3.8, 4) is 22.8 Å². The number of methoxy groups -OCH3 is 1. The third-order valence-corrected chi connectivity index (χ3v) is 6.40. The zero-order valence-corrected chi connectivity index (χ0v) is 23.0. The first-order chi connectivity index (χ1) is 18.0. The van der Waals surface area contributed by atoms with Crippen LogP contribution < -0.4 is 14.8 Å². The number of ether oxygens (including phenoxy) is 3. The van der Waals surface area contributed by atoms with E-state index in [4.69, 9.17) is 19.2 Å². The van der Waals surface area contributed by atoms with Crippen molar-refractivity contribution in [1.29, 1.82) is 0 Å². The second kappa shape index (κ2) is 11.3. The van der Waals surface area contributed by atoms with Crippen LogP contribution in [0.15, 0.2) is 54.6 Å². The molecular weight excluding hydrogens is 482 g/mol. The van der Waals surface area contributed by atoms with Crippen LogP contribution in [-0.2, 0) is 9.53 Å². The van der Waals surface area contributed by atoms with Gasteiger partial charge in [-0.3, -0.25) is 4.79 Å². The van der Waals surface area contributed by atoms with Gasteiger partial charge in [0.1, 0.15) is 29.2 Å². The third-order valence-electron chi connectivity index (χ3n) is 6.40. The highest BCUT2D eigenvalue weighted by molar-refractivity contribution is 5.89. The summed E-state index contributed by atoms with van der Waals surface area (Å²) in [6, 6.07) is 17.0. The quantitative estimate of drug-likeness (QED) is 0.447. The topological polar surface area (TPSA) is 90.0 Å². The lowest BCUT2D eigenvalue weighted by molar-refractivity contribution is -0.133. The molecule has 1 saturated heterocycles. The van der Waals surface area contributed by atoms with Gasteiger partial charge >= 0.3 is 6.09 Å². The van der Waals surface area contributed by atoms with Crippen LogP contribution in [0.1, 0.15) is 41.0 Å². The van der Waals surface area contributed by atoms with Gasteiger partial charge in [0.15, 0.2) is 0 Å². The van der Waals surface area contributed by atoms with Crippen LogP contribution in [-0.4, -0.2) is 59.8 Å². The molecule has 8 nitrogen and oxygen atoms in total. The molecule has 8 heteroatoms. The van der Waals surface area contributed by atoms with Crippen LogP contribution in [0.4, 0.5) is 4.79 Å². The van der Waals surface area contributed by atoms with Crippen molar-refractivity contribution in [2.24, 2.45) is 5.92 Å². The van der Waals surface area contributed by atoms with Crippen molar-refractivity contribution in [1.82, 2.24) is 15.2 Å². The van der Waals surface area contributed by atoms with E-state index in [0.29, 0.717) is 25.3 Å². The SMILES string of the molecule is COc1ccc2c(O[C@@H]3CCN(C(=O)[C@@H](NC(=O)OC(C)(C)C)C(C)C)C3)cc(-c3ccccc3)nc2c1. The fraction of sp³-hybridized carbons (Fsp3) is 0.433. The minimum Gasteiger partial charge on any atom is -0.497 e. The van der Waals surface area contributed by atoms with E-state index in [1.165, 1.54) is 0 Å². The molecule has 2 atom stereocenters. The molecule has 202 valence electrons. The van der Waals surface area contributed by atoms with Gasteiger partial charge in [0.25, 0.3) is 0 Å². The summed E-state index contributed by atoms with van der Waals surface area (Å²) in [5, 5.41) is 3.64. The zero-order chi connectivity index (χ0) is 27.4. The van der Waals surface area contributed by atoms with Gasteiger partial charge in [0, 0.05) is 36.0 Å². The molecule has 0 unspecified atom stereocenters. The highest BCUT2D eigenvalue weighted by Crippen LogP contribution is 2.33. The van der Waals surface area contributed by atoms with Gasteiger partial charge in [0.05, 0.1) is 24.9 Å². The van der Waals surface area contributed by atoms with Gasteiger partial charge in [-0.1, -0.05) is 44.2 Å². The maximum atomic E-state index is 13.4. The molecule has 1 aliphatic rings. The van der Waals surface area contributed by atoms with Gasteiger partial charge in [-0.05, 0) is 38.8 Å². The first kappa shape index (κ1) is 27.2. The number of nitrogens with zero attached hydrogens (tertiary/aromatic N) is 2. The number of fused-ring (bicyclic) bond motifs is 1. The maximum Gasteiger partial charge on any atom is 0.408 e. The number of hydrogen-bond donors (Lipinski definition) is 1. The second-order valence-corrected chi connectivity index (χ2v) is 10.9. The Balaban J connectivity index is 1.53. The second-order valence-electron chi connectivity index (χ2n) is 10.9. The van der Waals surface area contributed by atoms with Crippen LogP contribution in [0.25, 0.3) is 22.2 Å². The molecule has 4 rings (SSSR count). The van der Waals surface area contributed by atoms with E-state index in [2.05, 4.69) is 5.32 Å². The molecule has 1 N–H and O–H groups in total. The van der Waals surface area contributed by atoms with Gasteiger partial charge in [-0.15, -0.1) is 0 Å². The molecule has 3 aromatic rings. The fourth-order valence-corrected chi connectivity index (χ4v) is 4.51. The average molecular weight is 520 g/mol. The summed E-state index contributed by atoms with van der Waals surface area (Å²) < 4.78 is 17.3. The minimum absolute atomic E-state index is 0.0949. The van der Waals surface area contributed by atoms with E-state index < -0.39 is 17.7 Å². The van der Waals surface area contributed by atoms with Crippen LogP contribution >= 0.6 is 0 Å². The van der Waals surface area contributed by atoms with Crippen molar-refractivity contribution >= 4 is 22.9 Å². The number of likely N-dealkylation sites (tertiary alicyclic amines) is 1. The molecule has 1 aliphatic heterocycles. The highest BCUT2D eigenvalue weighted by Gasteiger charge is 2.35. The number of nitrogens with one attached hydrogen (secondary N) is 1. The first-order valence-corrected chi connectivity index (χ1v) is 13.0. The number of alkyl carbamates (subject to hydrolysis) is 1. The molecule has 1 fully saturated rings. The Morgan fingerprint density at radius 1 is 1.08 bits per heavy atom. The van der Waals surface area contributed by atoms with Crippen LogP contribution in [0, 0.1) is 5.92 Å². The zero-order valence-electron chi connectivity index (χ0n) is 23.0. The standard InChI is InChI=1S/C30H37N3O5/c1-19(2)27(32-29(35)38-30(3,4)5)28(34)33-15-14-22(18-33)37-26-17-24(20-10-8-7-9-11-20)31-25-16-21(36-6)12-13-23(25)26/h7-13,16-17,19,22,27H,14-15,18H2,1-6H3,(H,32,35)/t22-,27+/m1/s1. The first-order valence-electron chi connectivity index (χ1n) is 13.0. The monoisotopic (exact) mass is 519 g/mol. The Morgan fingerprint density at radius 2 is 1.82 bits per heavy atom. The molecule has 2 aromatic carbocycles. The molecule has 1 aromatic heterocycles. The Morgan fingerprint density at radius 3 is 2.47 bits per heavy atom. The van der Waals surface area contributed by atoms with Crippen molar-refractivity contribution < 1.29 is 23.8 Å². The van der Waals surface area contributed by atoms with Crippen LogP contribution in [0.3, 0.4) is 0 Å². The highest BCUT2D eigenvalue weighted by atomic mass is 16.6.